The zero-order valence-corrected chi connectivity index (χ0v) is 12.0. The summed E-state index contributed by atoms with van der Waals surface area (Å²) in [6.07, 6.45) is 4.80. The van der Waals surface area contributed by atoms with Crippen molar-refractivity contribution in [1.29, 1.82) is 0 Å². The van der Waals surface area contributed by atoms with Crippen LogP contribution in [-0.2, 0) is 0 Å². The second kappa shape index (κ2) is 5.70. The summed E-state index contributed by atoms with van der Waals surface area (Å²) >= 11 is 1.79. The van der Waals surface area contributed by atoms with Crippen molar-refractivity contribution in [2.24, 2.45) is 5.92 Å². The van der Waals surface area contributed by atoms with Crippen LogP contribution in [0.25, 0.3) is 0 Å². The van der Waals surface area contributed by atoms with Gasteiger partial charge in [-0.05, 0) is 48.8 Å². The van der Waals surface area contributed by atoms with E-state index in [-0.39, 0.29) is 0 Å². The average Bonchev–Trinajstić information content (AvgIpc) is 3.30. The predicted octanol–water partition coefficient (Wildman–Crippen LogP) is 4.97. The SMILES string of the molecule is CSc1cccc(NC(c2ccccc2)C2CC2)c1. The van der Waals surface area contributed by atoms with Crippen LogP contribution in [0.15, 0.2) is 59.5 Å². The van der Waals surface area contributed by atoms with Crippen molar-refractivity contribution in [1.82, 2.24) is 0 Å². The minimum atomic E-state index is 0.457. The van der Waals surface area contributed by atoms with E-state index in [1.807, 2.05) is 0 Å². The van der Waals surface area contributed by atoms with Crippen LogP contribution in [0.2, 0.25) is 0 Å². The normalized spacial score (nSPS) is 16.1. The minimum Gasteiger partial charge on any atom is -0.378 e. The molecule has 1 unspecified atom stereocenters. The molecule has 0 spiro atoms. The number of nitrogens with one attached hydrogen (secondary N) is 1. The molecule has 1 aliphatic rings. The van der Waals surface area contributed by atoms with Gasteiger partial charge in [-0.15, -0.1) is 11.8 Å². The van der Waals surface area contributed by atoms with Crippen LogP contribution >= 0.6 is 11.8 Å². The lowest BCUT2D eigenvalue weighted by Gasteiger charge is -2.20. The average molecular weight is 269 g/mol. The summed E-state index contributed by atoms with van der Waals surface area (Å²) in [7, 11) is 0. The molecular weight excluding hydrogens is 250 g/mol. The highest BCUT2D eigenvalue weighted by atomic mass is 32.2. The Labute approximate surface area is 119 Å². The summed E-state index contributed by atoms with van der Waals surface area (Å²) in [5.74, 6) is 0.792. The Hall–Kier alpha value is -1.41. The molecule has 1 aliphatic carbocycles. The predicted molar refractivity (Wildman–Crippen MR) is 83.8 cm³/mol. The molecule has 0 aromatic heterocycles. The number of rotatable bonds is 5. The molecule has 2 heteroatoms. The van der Waals surface area contributed by atoms with E-state index in [0.717, 1.165) is 5.92 Å². The Kier molecular flexibility index (Phi) is 3.79. The summed E-state index contributed by atoms with van der Waals surface area (Å²) in [4.78, 5) is 1.31. The van der Waals surface area contributed by atoms with Crippen molar-refractivity contribution in [2.75, 3.05) is 11.6 Å². The van der Waals surface area contributed by atoms with Gasteiger partial charge in [0, 0.05) is 10.6 Å². The Morgan fingerprint density at radius 2 is 1.84 bits per heavy atom. The fourth-order valence-electron chi connectivity index (χ4n) is 2.46. The van der Waals surface area contributed by atoms with E-state index in [9.17, 15) is 0 Å². The van der Waals surface area contributed by atoms with Crippen LogP contribution in [0.5, 0.6) is 0 Å². The van der Waals surface area contributed by atoms with Crippen molar-refractivity contribution in [3.8, 4) is 0 Å². The molecule has 98 valence electrons. The first kappa shape index (κ1) is 12.6. The van der Waals surface area contributed by atoms with Gasteiger partial charge in [0.2, 0.25) is 0 Å². The van der Waals surface area contributed by atoms with E-state index in [1.54, 1.807) is 11.8 Å². The van der Waals surface area contributed by atoms with Crippen LogP contribution in [-0.4, -0.2) is 6.26 Å². The Balaban J connectivity index is 1.82. The van der Waals surface area contributed by atoms with Gasteiger partial charge >= 0.3 is 0 Å². The molecule has 19 heavy (non-hydrogen) atoms. The van der Waals surface area contributed by atoms with E-state index in [0.29, 0.717) is 6.04 Å². The maximum Gasteiger partial charge on any atom is 0.0542 e. The van der Waals surface area contributed by atoms with Crippen molar-refractivity contribution in [3.05, 3.63) is 60.2 Å². The lowest BCUT2D eigenvalue weighted by Crippen LogP contribution is -2.12. The number of benzene rings is 2. The van der Waals surface area contributed by atoms with Gasteiger partial charge in [-0.3, -0.25) is 0 Å². The molecule has 0 amide bonds. The summed E-state index contributed by atoms with van der Waals surface area (Å²) in [5, 5.41) is 3.72. The number of anilines is 1. The van der Waals surface area contributed by atoms with Crippen molar-refractivity contribution >= 4 is 17.4 Å². The molecule has 0 saturated heterocycles. The molecule has 1 atom stereocenters. The Morgan fingerprint density at radius 1 is 1.05 bits per heavy atom. The molecule has 2 aromatic carbocycles. The van der Waals surface area contributed by atoms with Crippen LogP contribution in [0.1, 0.15) is 24.4 Å². The van der Waals surface area contributed by atoms with Gasteiger partial charge in [-0.25, -0.2) is 0 Å². The fourth-order valence-corrected chi connectivity index (χ4v) is 2.92. The molecular formula is C17H19NS. The lowest BCUT2D eigenvalue weighted by molar-refractivity contribution is 0.679. The van der Waals surface area contributed by atoms with E-state index >= 15 is 0 Å². The topological polar surface area (TPSA) is 12.0 Å². The van der Waals surface area contributed by atoms with Crippen molar-refractivity contribution in [3.63, 3.8) is 0 Å². The van der Waals surface area contributed by atoms with Gasteiger partial charge in [0.1, 0.15) is 0 Å². The number of hydrogen-bond acceptors (Lipinski definition) is 2. The molecule has 1 N–H and O–H groups in total. The standard InChI is InChI=1S/C17H19NS/c1-19-16-9-5-8-15(12-16)18-17(14-10-11-14)13-6-3-2-4-7-13/h2-9,12,14,17-18H,10-11H2,1H3. The molecule has 0 bridgehead atoms. The quantitative estimate of drug-likeness (QED) is 0.769. The first-order chi connectivity index (χ1) is 9.36. The highest BCUT2D eigenvalue weighted by Gasteiger charge is 2.32. The number of thioether (sulfide) groups is 1. The third-order valence-electron chi connectivity index (χ3n) is 3.64. The van der Waals surface area contributed by atoms with Crippen LogP contribution in [0, 0.1) is 5.92 Å². The Morgan fingerprint density at radius 3 is 2.53 bits per heavy atom. The van der Waals surface area contributed by atoms with Crippen molar-refractivity contribution in [2.45, 2.75) is 23.8 Å². The van der Waals surface area contributed by atoms with E-state index in [2.05, 4.69) is 66.2 Å². The highest BCUT2D eigenvalue weighted by molar-refractivity contribution is 7.98. The monoisotopic (exact) mass is 269 g/mol. The third kappa shape index (κ3) is 3.13. The molecule has 2 aromatic rings. The van der Waals surface area contributed by atoms with Crippen LogP contribution in [0.4, 0.5) is 5.69 Å². The molecule has 0 radical (unpaired) electrons. The first-order valence-electron chi connectivity index (χ1n) is 6.82. The minimum absolute atomic E-state index is 0.457. The zero-order chi connectivity index (χ0) is 13.1. The smallest absolute Gasteiger partial charge is 0.0542 e. The maximum atomic E-state index is 3.72. The summed E-state index contributed by atoms with van der Waals surface area (Å²) in [5.41, 5.74) is 2.63. The van der Waals surface area contributed by atoms with Gasteiger partial charge in [-0.2, -0.15) is 0 Å². The summed E-state index contributed by atoms with van der Waals surface area (Å²) in [6, 6.07) is 20.0. The Bertz CT molecular complexity index is 534. The van der Waals surface area contributed by atoms with Gasteiger partial charge in [0.15, 0.2) is 0 Å². The zero-order valence-electron chi connectivity index (χ0n) is 11.2. The largest absolute Gasteiger partial charge is 0.378 e. The van der Waals surface area contributed by atoms with Gasteiger partial charge < -0.3 is 5.32 Å². The van der Waals surface area contributed by atoms with Gasteiger partial charge in [0.25, 0.3) is 0 Å². The molecule has 3 rings (SSSR count). The third-order valence-corrected chi connectivity index (χ3v) is 4.37. The lowest BCUT2D eigenvalue weighted by atomic mass is 10.0. The number of hydrogen-bond donors (Lipinski definition) is 1. The molecule has 1 nitrogen and oxygen atoms in total. The summed E-state index contributed by atoms with van der Waals surface area (Å²) < 4.78 is 0. The van der Waals surface area contributed by atoms with Gasteiger partial charge in [0.05, 0.1) is 6.04 Å². The molecule has 1 fully saturated rings. The molecule has 0 heterocycles. The highest BCUT2D eigenvalue weighted by Crippen LogP contribution is 2.43. The first-order valence-corrected chi connectivity index (χ1v) is 8.05. The van der Waals surface area contributed by atoms with Gasteiger partial charge in [-0.1, -0.05) is 36.4 Å². The second-order valence-corrected chi connectivity index (χ2v) is 5.98. The maximum absolute atomic E-state index is 3.72. The van der Waals surface area contributed by atoms with E-state index < -0.39 is 0 Å². The summed E-state index contributed by atoms with van der Waals surface area (Å²) in [6.45, 7) is 0. The van der Waals surface area contributed by atoms with Crippen LogP contribution < -0.4 is 5.32 Å². The van der Waals surface area contributed by atoms with E-state index in [4.69, 9.17) is 0 Å². The molecule has 1 saturated carbocycles. The molecule has 0 aliphatic heterocycles. The van der Waals surface area contributed by atoms with Crippen molar-refractivity contribution < 1.29 is 0 Å². The van der Waals surface area contributed by atoms with E-state index in [1.165, 1.54) is 29.0 Å². The second-order valence-electron chi connectivity index (χ2n) is 5.10. The van der Waals surface area contributed by atoms with Crippen LogP contribution in [0.3, 0.4) is 0 Å². The fraction of sp³-hybridized carbons (Fsp3) is 0.294.